The Labute approximate surface area is 182 Å². The summed E-state index contributed by atoms with van der Waals surface area (Å²) in [5.74, 6) is -1.75. The van der Waals surface area contributed by atoms with Gasteiger partial charge in [0.2, 0.25) is 5.88 Å². The molecule has 0 saturated carbocycles. The second-order valence-corrected chi connectivity index (χ2v) is 7.99. The SMILES string of the molecule is CCN1CCCC1CNC(=O)c1cnc(C)nc1OC(C)(C)C.O=C(O)/C=C/C(=O)O. The van der Waals surface area contributed by atoms with Gasteiger partial charge in [0.25, 0.3) is 5.91 Å². The maximum Gasteiger partial charge on any atom is 0.328 e. The number of likely N-dealkylation sites (tertiary alicyclic amines) is 1. The van der Waals surface area contributed by atoms with Crippen LogP contribution in [0.5, 0.6) is 5.88 Å². The third-order valence-electron chi connectivity index (χ3n) is 4.29. The van der Waals surface area contributed by atoms with Crippen molar-refractivity contribution in [2.24, 2.45) is 0 Å². The molecular weight excluding hydrogens is 404 g/mol. The zero-order valence-corrected chi connectivity index (χ0v) is 18.7. The third-order valence-corrected chi connectivity index (χ3v) is 4.29. The van der Waals surface area contributed by atoms with Crippen LogP contribution < -0.4 is 10.1 Å². The Morgan fingerprint density at radius 1 is 1.26 bits per heavy atom. The van der Waals surface area contributed by atoms with E-state index in [0.717, 1.165) is 19.5 Å². The Balaban J connectivity index is 0.000000512. The number of aromatic nitrogens is 2. The zero-order valence-electron chi connectivity index (χ0n) is 18.7. The van der Waals surface area contributed by atoms with Crippen LogP contribution in [0.1, 0.15) is 56.7 Å². The van der Waals surface area contributed by atoms with Crippen molar-refractivity contribution < 1.29 is 29.3 Å². The Hall–Kier alpha value is -3.01. The summed E-state index contributed by atoms with van der Waals surface area (Å²) in [5.41, 5.74) is -0.0214. The summed E-state index contributed by atoms with van der Waals surface area (Å²) in [6.45, 7) is 12.5. The molecule has 1 aromatic heterocycles. The first-order valence-corrected chi connectivity index (χ1v) is 10.1. The Morgan fingerprint density at radius 2 is 1.87 bits per heavy atom. The number of nitrogens with zero attached hydrogens (tertiary/aromatic N) is 3. The van der Waals surface area contributed by atoms with Gasteiger partial charge < -0.3 is 20.3 Å². The molecule has 10 nitrogen and oxygen atoms in total. The topological polar surface area (TPSA) is 142 Å². The maximum absolute atomic E-state index is 12.5. The summed E-state index contributed by atoms with van der Waals surface area (Å²) in [6, 6.07) is 0.419. The molecular formula is C21H32N4O6. The summed E-state index contributed by atoms with van der Waals surface area (Å²) in [4.78, 5) is 42.5. The smallest absolute Gasteiger partial charge is 0.328 e. The molecule has 1 aliphatic rings. The fraction of sp³-hybridized carbons (Fsp3) is 0.571. The van der Waals surface area contributed by atoms with E-state index < -0.39 is 17.5 Å². The number of aliphatic carboxylic acids is 2. The quantitative estimate of drug-likeness (QED) is 0.546. The molecule has 0 spiro atoms. The Bertz CT molecular complexity index is 788. The molecule has 3 N–H and O–H groups in total. The highest BCUT2D eigenvalue weighted by Crippen LogP contribution is 2.21. The number of nitrogens with one attached hydrogen (secondary N) is 1. The molecule has 1 fully saturated rings. The molecule has 0 aliphatic carbocycles. The van der Waals surface area contributed by atoms with Gasteiger partial charge in [-0.2, -0.15) is 4.98 Å². The lowest BCUT2D eigenvalue weighted by molar-refractivity contribution is -0.134. The van der Waals surface area contributed by atoms with Crippen molar-refractivity contribution in [1.29, 1.82) is 0 Å². The largest absolute Gasteiger partial charge is 0.478 e. The van der Waals surface area contributed by atoms with Crippen molar-refractivity contribution >= 4 is 17.8 Å². The summed E-state index contributed by atoms with van der Waals surface area (Å²) in [7, 11) is 0. The van der Waals surface area contributed by atoms with E-state index in [9.17, 15) is 14.4 Å². The van der Waals surface area contributed by atoms with Gasteiger partial charge in [0.05, 0.1) is 0 Å². The van der Waals surface area contributed by atoms with E-state index in [1.165, 1.54) is 6.42 Å². The number of amides is 1. The van der Waals surface area contributed by atoms with Crippen molar-refractivity contribution in [1.82, 2.24) is 20.2 Å². The molecule has 1 amide bonds. The average molecular weight is 437 g/mol. The predicted molar refractivity (Wildman–Crippen MR) is 114 cm³/mol. The fourth-order valence-corrected chi connectivity index (χ4v) is 2.96. The first-order chi connectivity index (χ1) is 14.4. The van der Waals surface area contributed by atoms with Gasteiger partial charge in [0.1, 0.15) is 17.0 Å². The van der Waals surface area contributed by atoms with Crippen LogP contribution >= 0.6 is 0 Å². The molecule has 1 aliphatic heterocycles. The molecule has 1 atom stereocenters. The highest BCUT2D eigenvalue weighted by atomic mass is 16.5. The summed E-state index contributed by atoms with van der Waals surface area (Å²) < 4.78 is 5.83. The highest BCUT2D eigenvalue weighted by Gasteiger charge is 2.25. The standard InChI is InChI=1S/C17H28N4O2.C4H4O4/c1-6-21-9-7-8-13(21)10-19-15(22)14-11-18-12(2)20-16(14)23-17(3,4)5;5-3(6)1-2-4(7)8/h11,13H,6-10H2,1-5H3,(H,19,22);1-2H,(H,5,6)(H,7,8)/b;2-1+. The first kappa shape index (κ1) is 26.0. The molecule has 1 unspecified atom stereocenters. The first-order valence-electron chi connectivity index (χ1n) is 10.1. The monoisotopic (exact) mass is 436 g/mol. The second kappa shape index (κ2) is 12.0. The maximum atomic E-state index is 12.5. The molecule has 0 bridgehead atoms. The van der Waals surface area contributed by atoms with Gasteiger partial charge in [-0.05, 0) is 53.6 Å². The number of ether oxygens (including phenoxy) is 1. The van der Waals surface area contributed by atoms with Crippen molar-refractivity contribution in [2.45, 2.75) is 59.1 Å². The highest BCUT2D eigenvalue weighted by molar-refractivity contribution is 5.96. The third kappa shape index (κ3) is 10.0. The molecule has 0 aromatic carbocycles. The molecule has 2 rings (SSSR count). The van der Waals surface area contributed by atoms with Gasteiger partial charge in [-0.15, -0.1) is 0 Å². The van der Waals surface area contributed by atoms with E-state index in [2.05, 4.69) is 27.1 Å². The number of carbonyl (C=O) groups is 3. The lowest BCUT2D eigenvalue weighted by Crippen LogP contribution is -2.40. The molecule has 0 radical (unpaired) electrons. The van der Waals surface area contributed by atoms with E-state index in [0.29, 0.717) is 42.0 Å². The van der Waals surface area contributed by atoms with Crippen LogP contribution in [0.3, 0.4) is 0 Å². The van der Waals surface area contributed by atoms with Crippen molar-refractivity contribution in [2.75, 3.05) is 19.6 Å². The van der Waals surface area contributed by atoms with E-state index >= 15 is 0 Å². The van der Waals surface area contributed by atoms with Crippen LogP contribution in [-0.2, 0) is 9.59 Å². The molecule has 2 heterocycles. The van der Waals surface area contributed by atoms with Crippen molar-refractivity contribution in [3.63, 3.8) is 0 Å². The van der Waals surface area contributed by atoms with E-state index in [4.69, 9.17) is 14.9 Å². The fourth-order valence-electron chi connectivity index (χ4n) is 2.96. The Kier molecular flexibility index (Phi) is 10.1. The van der Waals surface area contributed by atoms with Gasteiger partial charge >= 0.3 is 11.9 Å². The van der Waals surface area contributed by atoms with Gasteiger partial charge in [0, 0.05) is 30.9 Å². The van der Waals surface area contributed by atoms with Gasteiger partial charge in [-0.25, -0.2) is 14.6 Å². The van der Waals surface area contributed by atoms with Crippen LogP contribution in [0.2, 0.25) is 0 Å². The normalized spacial score (nSPS) is 16.5. The van der Waals surface area contributed by atoms with Gasteiger partial charge in [0.15, 0.2) is 0 Å². The zero-order chi connectivity index (χ0) is 23.6. The number of hydrogen-bond donors (Lipinski definition) is 3. The van der Waals surface area contributed by atoms with E-state index in [1.54, 1.807) is 13.1 Å². The molecule has 1 saturated heterocycles. The number of aryl methyl sites for hydroxylation is 1. The molecule has 31 heavy (non-hydrogen) atoms. The van der Waals surface area contributed by atoms with Gasteiger partial charge in [-0.3, -0.25) is 9.69 Å². The minimum absolute atomic E-state index is 0.174. The molecule has 10 heteroatoms. The summed E-state index contributed by atoms with van der Waals surface area (Å²) in [5, 5.41) is 18.6. The lowest BCUT2D eigenvalue weighted by atomic mass is 10.2. The van der Waals surface area contributed by atoms with Crippen LogP contribution in [0.4, 0.5) is 0 Å². The van der Waals surface area contributed by atoms with Crippen LogP contribution in [0.25, 0.3) is 0 Å². The average Bonchev–Trinajstić information content (AvgIpc) is 3.11. The van der Waals surface area contributed by atoms with Crippen LogP contribution in [0, 0.1) is 6.92 Å². The predicted octanol–water partition coefficient (Wildman–Crippen LogP) is 1.89. The number of carboxylic acids is 2. The number of hydrogen-bond acceptors (Lipinski definition) is 7. The van der Waals surface area contributed by atoms with Crippen molar-refractivity contribution in [3.8, 4) is 5.88 Å². The van der Waals surface area contributed by atoms with Crippen molar-refractivity contribution in [3.05, 3.63) is 29.7 Å². The van der Waals surface area contributed by atoms with Gasteiger partial charge in [-0.1, -0.05) is 6.92 Å². The summed E-state index contributed by atoms with van der Waals surface area (Å²) >= 11 is 0. The van der Waals surface area contributed by atoms with E-state index in [1.807, 2.05) is 20.8 Å². The minimum atomic E-state index is -1.26. The molecule has 172 valence electrons. The van der Waals surface area contributed by atoms with Crippen LogP contribution in [-0.4, -0.2) is 74.2 Å². The number of carboxylic acid groups (broad SMARTS) is 2. The summed E-state index contributed by atoms with van der Waals surface area (Å²) in [6.07, 6.45) is 4.99. The Morgan fingerprint density at radius 3 is 2.39 bits per heavy atom. The van der Waals surface area contributed by atoms with E-state index in [-0.39, 0.29) is 5.91 Å². The number of likely N-dealkylation sites (N-methyl/N-ethyl adjacent to an activating group) is 1. The minimum Gasteiger partial charge on any atom is -0.478 e. The number of carbonyl (C=O) groups excluding carboxylic acids is 1. The van der Waals surface area contributed by atoms with Crippen LogP contribution in [0.15, 0.2) is 18.3 Å². The lowest BCUT2D eigenvalue weighted by Gasteiger charge is -2.24. The molecule has 1 aromatic rings. The second-order valence-electron chi connectivity index (χ2n) is 7.99. The number of rotatable bonds is 7.